The van der Waals surface area contributed by atoms with Crippen molar-refractivity contribution in [3.8, 4) is 44.5 Å². The summed E-state index contributed by atoms with van der Waals surface area (Å²) in [6, 6.07) is 22.5. The molecule has 0 amide bonds. The molecule has 1 heterocycles. The molecule has 228 valence electrons. The Hall–Kier alpha value is -6.44. The molecule has 0 N–H and O–H groups in total. The van der Waals surface area contributed by atoms with E-state index in [-0.39, 0.29) is 34.3 Å². The second-order valence-corrected chi connectivity index (χ2v) is 11.8. The van der Waals surface area contributed by atoms with Gasteiger partial charge in [0.2, 0.25) is 0 Å². The molecular formula is C48H30O. The number of rotatable bonds is 4. The van der Waals surface area contributed by atoms with Gasteiger partial charge in [-0.3, -0.25) is 0 Å². The minimum absolute atomic E-state index is 0.0122. The van der Waals surface area contributed by atoms with E-state index in [0.29, 0.717) is 65.4 Å². The van der Waals surface area contributed by atoms with E-state index in [0.717, 1.165) is 11.1 Å². The van der Waals surface area contributed by atoms with Crippen LogP contribution >= 0.6 is 0 Å². The van der Waals surface area contributed by atoms with Crippen molar-refractivity contribution in [3.63, 3.8) is 0 Å². The molecular weight excluding hydrogens is 593 g/mol. The molecule has 0 saturated carbocycles. The highest BCUT2D eigenvalue weighted by molar-refractivity contribution is 6.24. The molecule has 10 rings (SSSR count). The summed E-state index contributed by atoms with van der Waals surface area (Å²) >= 11 is 0. The Morgan fingerprint density at radius 2 is 0.857 bits per heavy atom. The lowest BCUT2D eigenvalue weighted by atomic mass is 9.83. The molecule has 0 saturated heterocycles. The number of fused-ring (bicyclic) bond motifs is 7. The second-order valence-electron chi connectivity index (χ2n) is 11.8. The van der Waals surface area contributed by atoms with Crippen molar-refractivity contribution in [1.82, 2.24) is 0 Å². The summed E-state index contributed by atoms with van der Waals surface area (Å²) in [5.74, 6) is 0. The average Bonchev–Trinajstić information content (AvgIpc) is 3.67. The monoisotopic (exact) mass is 636 g/mol. The largest absolute Gasteiger partial charge is 0.455 e. The first-order valence-electron chi connectivity index (χ1n) is 22.7. The smallest absolute Gasteiger partial charge is 0.143 e. The lowest BCUT2D eigenvalue weighted by Gasteiger charge is -2.19. The van der Waals surface area contributed by atoms with Crippen molar-refractivity contribution in [2.45, 2.75) is 0 Å². The van der Waals surface area contributed by atoms with Crippen molar-refractivity contribution in [2.24, 2.45) is 0 Å². The van der Waals surface area contributed by atoms with Crippen molar-refractivity contribution < 1.29 is 23.6 Å². The van der Waals surface area contributed by atoms with Crippen LogP contribution in [0.2, 0.25) is 0 Å². The van der Waals surface area contributed by atoms with Crippen molar-refractivity contribution >= 4 is 54.3 Å². The van der Waals surface area contributed by atoms with Crippen LogP contribution in [-0.4, -0.2) is 0 Å². The Morgan fingerprint density at radius 1 is 0.347 bits per heavy atom. The van der Waals surface area contributed by atoms with E-state index >= 15 is 0 Å². The zero-order chi connectivity index (χ0) is 44.5. The highest BCUT2D eigenvalue weighted by Crippen LogP contribution is 2.47. The van der Waals surface area contributed by atoms with Gasteiger partial charge < -0.3 is 4.42 Å². The van der Waals surface area contributed by atoms with E-state index in [2.05, 4.69) is 0 Å². The van der Waals surface area contributed by atoms with Gasteiger partial charge in [0.15, 0.2) is 0 Å². The summed E-state index contributed by atoms with van der Waals surface area (Å²) in [6.07, 6.45) is 0. The molecule has 9 aromatic carbocycles. The topological polar surface area (TPSA) is 13.1 Å². The van der Waals surface area contributed by atoms with E-state index in [9.17, 15) is 1.37 Å². The van der Waals surface area contributed by atoms with Crippen molar-refractivity contribution in [3.05, 3.63) is 182 Å². The quantitative estimate of drug-likeness (QED) is 0.175. The molecule has 0 fully saturated rings. The summed E-state index contributed by atoms with van der Waals surface area (Å²) in [6.45, 7) is 0. The zero-order valence-corrected chi connectivity index (χ0v) is 25.6. The van der Waals surface area contributed by atoms with Crippen LogP contribution in [0.15, 0.2) is 186 Å². The Labute approximate surface area is 304 Å². The van der Waals surface area contributed by atoms with Crippen LogP contribution in [0.4, 0.5) is 0 Å². The zero-order valence-electron chi connectivity index (χ0n) is 39.6. The molecule has 1 heteroatoms. The minimum Gasteiger partial charge on any atom is -0.455 e. The van der Waals surface area contributed by atoms with Gasteiger partial charge in [0.25, 0.3) is 0 Å². The van der Waals surface area contributed by atoms with Crippen LogP contribution < -0.4 is 0 Å². The predicted molar refractivity (Wildman–Crippen MR) is 208 cm³/mol. The van der Waals surface area contributed by atoms with E-state index in [1.54, 1.807) is 12.1 Å². The van der Waals surface area contributed by atoms with E-state index in [4.69, 9.17) is 22.2 Å². The first-order valence-corrected chi connectivity index (χ1v) is 15.7. The fraction of sp³-hybridized carbons (Fsp3) is 0. The molecule has 0 atom stereocenters. The Kier molecular flexibility index (Phi) is 3.87. The van der Waals surface area contributed by atoms with Crippen molar-refractivity contribution in [1.29, 1.82) is 0 Å². The van der Waals surface area contributed by atoms with Gasteiger partial charge in [0, 0.05) is 16.2 Å². The maximum absolute atomic E-state index is 9.36. The molecule has 1 nitrogen and oxygen atoms in total. The third-order valence-corrected chi connectivity index (χ3v) is 9.15. The Morgan fingerprint density at radius 3 is 1.49 bits per heavy atom. The van der Waals surface area contributed by atoms with Gasteiger partial charge in [0.1, 0.15) is 11.2 Å². The van der Waals surface area contributed by atoms with E-state index in [1.165, 1.54) is 0 Å². The lowest BCUT2D eigenvalue weighted by molar-refractivity contribution is 0.673. The average molecular weight is 637 g/mol. The SMILES string of the molecule is [2H]c1c([2H])c([2H])c(-c2c([2H])c([2H])c([2H])c([2H])c2-c2c3ccccc3c(-c3ccc4oc5c6ccccc6c(-c6c([2H])c([2H])c([2H])c([2H])c6[2H])cc5c4c3)c3ccccc23)c([2H])c1[2H]. The molecule has 0 spiro atoms. The fourth-order valence-corrected chi connectivity index (χ4v) is 7.12. The molecule has 0 aliphatic rings. The van der Waals surface area contributed by atoms with Gasteiger partial charge in [-0.05, 0) is 89.6 Å². The number of benzene rings is 9. The third kappa shape index (κ3) is 4.33. The van der Waals surface area contributed by atoms with Crippen LogP contribution in [0.1, 0.15) is 19.2 Å². The Bertz CT molecular complexity index is 3570. The van der Waals surface area contributed by atoms with Crippen LogP contribution in [0.3, 0.4) is 0 Å². The normalized spacial score (nSPS) is 15.7. The van der Waals surface area contributed by atoms with Crippen LogP contribution in [-0.2, 0) is 0 Å². The molecule has 0 aliphatic heterocycles. The maximum atomic E-state index is 9.36. The summed E-state index contributed by atoms with van der Waals surface area (Å²) in [5.41, 5.74) is 2.97. The highest BCUT2D eigenvalue weighted by Gasteiger charge is 2.20. The molecule has 0 bridgehead atoms. The molecule has 0 aliphatic carbocycles. The van der Waals surface area contributed by atoms with E-state index < -0.39 is 72.5 Å². The molecule has 0 unspecified atom stereocenters. The molecule has 49 heavy (non-hydrogen) atoms. The first kappa shape index (κ1) is 17.1. The summed E-state index contributed by atoms with van der Waals surface area (Å²) < 4.78 is 128. The summed E-state index contributed by atoms with van der Waals surface area (Å²) in [4.78, 5) is 0. The summed E-state index contributed by atoms with van der Waals surface area (Å²) in [7, 11) is 0. The van der Waals surface area contributed by atoms with Gasteiger partial charge in [-0.1, -0.05) is 163 Å². The molecule has 1 aromatic heterocycles. The highest BCUT2D eigenvalue weighted by atomic mass is 16.3. The standard InChI is InChI=1S/C48H30O/c1-3-15-31(16-4-1)34-19-7-9-21-36(34)47-39-24-12-10-22-37(39)46(38-23-11-13-25-40(38)47)33-27-28-45-43(29-33)44-30-42(32-17-5-2-6-18-32)35-20-8-14-26-41(35)48(44)49-45/h1-30H/i1D,2D,3D,4D,5D,6D,7D,9D,15D,16D,17D,18D,19D,21D. The maximum Gasteiger partial charge on any atom is 0.143 e. The van der Waals surface area contributed by atoms with Gasteiger partial charge in [0.05, 0.1) is 19.2 Å². The van der Waals surface area contributed by atoms with Gasteiger partial charge >= 0.3 is 0 Å². The number of hydrogen-bond acceptors (Lipinski definition) is 1. The summed E-state index contributed by atoms with van der Waals surface area (Å²) in [5, 5.41) is 5.24. The van der Waals surface area contributed by atoms with Crippen LogP contribution in [0.5, 0.6) is 0 Å². The number of furan rings is 1. The molecule has 0 radical (unpaired) electrons. The van der Waals surface area contributed by atoms with Crippen LogP contribution in [0.25, 0.3) is 98.8 Å². The predicted octanol–water partition coefficient (Wildman–Crippen LogP) is 13.7. The second kappa shape index (κ2) is 11.1. The van der Waals surface area contributed by atoms with Gasteiger partial charge in [-0.2, -0.15) is 0 Å². The van der Waals surface area contributed by atoms with Crippen molar-refractivity contribution in [2.75, 3.05) is 0 Å². The third-order valence-electron chi connectivity index (χ3n) is 9.15. The fourth-order valence-electron chi connectivity index (χ4n) is 7.12. The minimum atomic E-state index is -0.634. The Balaban J connectivity index is 1.31. The van der Waals surface area contributed by atoms with Gasteiger partial charge in [-0.15, -0.1) is 0 Å². The number of hydrogen-bond donors (Lipinski definition) is 0. The molecule has 10 aromatic rings. The lowest BCUT2D eigenvalue weighted by Crippen LogP contribution is -1.92. The van der Waals surface area contributed by atoms with E-state index in [1.807, 2.05) is 84.9 Å². The van der Waals surface area contributed by atoms with Gasteiger partial charge in [-0.25, -0.2) is 0 Å². The first-order chi connectivity index (χ1) is 30.1. The van der Waals surface area contributed by atoms with Crippen LogP contribution in [0, 0.1) is 0 Å².